The zero-order valence-corrected chi connectivity index (χ0v) is 20.4. The van der Waals surface area contributed by atoms with Crippen LogP contribution in [0.5, 0.6) is 0 Å². The van der Waals surface area contributed by atoms with E-state index in [1.165, 1.54) is 11.1 Å². The summed E-state index contributed by atoms with van der Waals surface area (Å²) < 4.78 is 62.1. The van der Waals surface area contributed by atoms with Gasteiger partial charge in [0.15, 0.2) is 11.6 Å². The molecular weight excluding hydrogens is 482 g/mol. The molecule has 0 atom stereocenters. The van der Waals surface area contributed by atoms with Gasteiger partial charge in [-0.15, -0.1) is 0 Å². The van der Waals surface area contributed by atoms with Crippen LogP contribution in [-0.4, -0.2) is 23.9 Å². The van der Waals surface area contributed by atoms with E-state index in [9.17, 15) is 35.9 Å². The highest BCUT2D eigenvalue weighted by molar-refractivity contribution is 6.02. The summed E-state index contributed by atoms with van der Waals surface area (Å²) in [6.45, 7) is 4.27. The summed E-state index contributed by atoms with van der Waals surface area (Å²) in [5.41, 5.74) is 5.70. The van der Waals surface area contributed by atoms with Crippen LogP contribution < -0.4 is 0 Å². The van der Waals surface area contributed by atoms with Crippen molar-refractivity contribution in [2.24, 2.45) is 0 Å². The van der Waals surface area contributed by atoms with Crippen LogP contribution in [0.4, 0.5) is 26.3 Å². The zero-order valence-electron chi connectivity index (χ0n) is 20.4. The van der Waals surface area contributed by atoms with Crippen molar-refractivity contribution in [2.75, 3.05) is 0 Å². The van der Waals surface area contributed by atoms with Gasteiger partial charge in [0.1, 0.15) is 0 Å². The molecule has 0 N–H and O–H groups in total. The minimum Gasteiger partial charge on any atom is -0.294 e. The van der Waals surface area contributed by atoms with Gasteiger partial charge in [-0.2, -0.15) is 26.3 Å². The van der Waals surface area contributed by atoms with E-state index in [0.29, 0.717) is 24.0 Å². The number of aryl methyl sites for hydroxylation is 1. The highest BCUT2D eigenvalue weighted by atomic mass is 19.4. The predicted octanol–water partition coefficient (Wildman–Crippen LogP) is 8.82. The van der Waals surface area contributed by atoms with Crippen molar-refractivity contribution < 1.29 is 35.9 Å². The molecule has 0 aliphatic rings. The van der Waals surface area contributed by atoms with E-state index in [-0.39, 0.29) is 25.4 Å². The first-order valence-electron chi connectivity index (χ1n) is 11.0. The normalized spacial score (nSPS) is 10.9. The third kappa shape index (κ3) is 13.5. The summed E-state index contributed by atoms with van der Waals surface area (Å²) in [7, 11) is 0. The molecule has 194 valence electrons. The van der Waals surface area contributed by atoms with E-state index in [2.05, 4.69) is 31.2 Å². The van der Waals surface area contributed by atoms with Crippen LogP contribution in [0.15, 0.2) is 72.8 Å². The number of benzene rings is 3. The highest BCUT2D eigenvalue weighted by Crippen LogP contribution is 2.21. The van der Waals surface area contributed by atoms with Crippen molar-refractivity contribution in [3.8, 4) is 11.1 Å². The lowest BCUT2D eigenvalue weighted by atomic mass is 9.97. The topological polar surface area (TPSA) is 34.1 Å². The standard InChI is InChI=1S/C24H22O2.2C2H3F3/c1-3-23(25)21-5-4-6-22(16-21)24(26)15-18-9-13-20(14-10-18)19-11-7-17(2)8-12-19;2*1-2(3,4)5/h4-14,16H,3,15H2,1-2H3;2*1H3. The molecule has 3 rings (SSSR count). The van der Waals surface area contributed by atoms with Crippen LogP contribution in [0.1, 0.15) is 59.0 Å². The molecule has 0 saturated carbocycles. The van der Waals surface area contributed by atoms with Crippen molar-refractivity contribution in [3.05, 3.63) is 95.1 Å². The van der Waals surface area contributed by atoms with Crippen LogP contribution in [-0.2, 0) is 6.42 Å². The Morgan fingerprint density at radius 2 is 1.06 bits per heavy atom. The minimum absolute atomic E-state index is 0.0267. The summed E-state index contributed by atoms with van der Waals surface area (Å²) in [5, 5.41) is 0. The molecule has 3 aromatic rings. The number of carbonyl (C=O) groups excluding carboxylic acids is 2. The Hall–Kier alpha value is -3.42. The molecule has 0 unspecified atom stereocenters. The monoisotopic (exact) mass is 510 g/mol. The maximum atomic E-state index is 12.6. The second-order valence-electron chi connectivity index (χ2n) is 8.08. The Balaban J connectivity index is 0.000000550. The molecule has 0 aliphatic carbocycles. The van der Waals surface area contributed by atoms with Gasteiger partial charge in [0, 0.05) is 37.8 Å². The van der Waals surface area contributed by atoms with E-state index >= 15 is 0 Å². The first-order chi connectivity index (χ1) is 16.6. The molecule has 2 nitrogen and oxygen atoms in total. The van der Waals surface area contributed by atoms with Gasteiger partial charge < -0.3 is 0 Å². The van der Waals surface area contributed by atoms with Gasteiger partial charge in [-0.3, -0.25) is 9.59 Å². The van der Waals surface area contributed by atoms with Crippen LogP contribution in [0.2, 0.25) is 0 Å². The van der Waals surface area contributed by atoms with Gasteiger partial charge in [-0.05, 0) is 29.7 Å². The summed E-state index contributed by atoms with van der Waals surface area (Å²) in [6.07, 6.45) is -7.23. The molecule has 3 aromatic carbocycles. The van der Waals surface area contributed by atoms with Gasteiger partial charge in [-0.25, -0.2) is 0 Å². The minimum atomic E-state index is -4.00. The Bertz CT molecular complexity index is 1090. The fourth-order valence-electron chi connectivity index (χ4n) is 2.92. The average Bonchev–Trinajstić information content (AvgIpc) is 2.77. The summed E-state index contributed by atoms with van der Waals surface area (Å²) in [6, 6.07) is 23.5. The molecule has 36 heavy (non-hydrogen) atoms. The average molecular weight is 511 g/mol. The molecule has 0 bridgehead atoms. The van der Waals surface area contributed by atoms with Gasteiger partial charge in [-0.1, -0.05) is 79.2 Å². The Kier molecular flexibility index (Phi) is 11.6. The second kappa shape index (κ2) is 13.6. The Morgan fingerprint density at radius 3 is 1.47 bits per heavy atom. The molecule has 0 heterocycles. The molecular formula is C28H28F6O2. The number of Topliss-reactive ketones (excluding diaryl/α,β-unsaturated/α-hetero) is 2. The van der Waals surface area contributed by atoms with E-state index in [4.69, 9.17) is 0 Å². The molecule has 0 aliphatic heterocycles. The third-order valence-electron chi connectivity index (χ3n) is 4.53. The SMILES string of the molecule is CC(F)(F)F.CC(F)(F)F.CCC(=O)c1cccc(C(=O)Cc2ccc(-c3ccc(C)cc3)cc2)c1. The Morgan fingerprint density at radius 1 is 0.667 bits per heavy atom. The van der Waals surface area contributed by atoms with Crippen LogP contribution in [0, 0.1) is 6.92 Å². The van der Waals surface area contributed by atoms with Crippen molar-refractivity contribution >= 4 is 11.6 Å². The van der Waals surface area contributed by atoms with Crippen LogP contribution >= 0.6 is 0 Å². The predicted molar refractivity (Wildman–Crippen MR) is 129 cm³/mol. The fourth-order valence-corrected chi connectivity index (χ4v) is 2.92. The fraction of sp³-hybridized carbons (Fsp3) is 0.286. The number of rotatable bonds is 6. The molecule has 0 amide bonds. The second-order valence-corrected chi connectivity index (χ2v) is 8.08. The van der Waals surface area contributed by atoms with E-state index < -0.39 is 12.4 Å². The Labute approximate surface area is 207 Å². The largest absolute Gasteiger partial charge is 0.386 e. The van der Waals surface area contributed by atoms with Gasteiger partial charge in [0.25, 0.3) is 0 Å². The summed E-state index contributed by atoms with van der Waals surface area (Å²) in [5.74, 6) is 0.0842. The van der Waals surface area contributed by atoms with Crippen molar-refractivity contribution in [2.45, 2.75) is 52.9 Å². The summed E-state index contributed by atoms with van der Waals surface area (Å²) in [4.78, 5) is 24.4. The molecule has 0 radical (unpaired) electrons. The maximum absolute atomic E-state index is 12.6. The number of alkyl halides is 6. The molecule has 0 aromatic heterocycles. The number of hydrogen-bond donors (Lipinski definition) is 0. The van der Waals surface area contributed by atoms with Gasteiger partial charge >= 0.3 is 12.4 Å². The lowest BCUT2D eigenvalue weighted by Crippen LogP contribution is -2.05. The summed E-state index contributed by atoms with van der Waals surface area (Å²) >= 11 is 0. The lowest BCUT2D eigenvalue weighted by molar-refractivity contribution is -0.111. The van der Waals surface area contributed by atoms with E-state index in [0.717, 1.165) is 11.1 Å². The van der Waals surface area contributed by atoms with E-state index in [1.54, 1.807) is 24.3 Å². The zero-order chi connectivity index (χ0) is 27.5. The number of carbonyl (C=O) groups is 2. The van der Waals surface area contributed by atoms with Crippen molar-refractivity contribution in [1.82, 2.24) is 0 Å². The highest BCUT2D eigenvalue weighted by Gasteiger charge is 2.16. The third-order valence-corrected chi connectivity index (χ3v) is 4.53. The number of ketones is 2. The van der Waals surface area contributed by atoms with Crippen LogP contribution in [0.25, 0.3) is 11.1 Å². The van der Waals surface area contributed by atoms with Crippen molar-refractivity contribution in [1.29, 1.82) is 0 Å². The maximum Gasteiger partial charge on any atom is 0.386 e. The lowest BCUT2D eigenvalue weighted by Gasteiger charge is -2.06. The molecule has 0 spiro atoms. The molecule has 0 saturated heterocycles. The quantitative estimate of drug-likeness (QED) is 0.245. The van der Waals surface area contributed by atoms with Gasteiger partial charge in [0.2, 0.25) is 0 Å². The van der Waals surface area contributed by atoms with Crippen molar-refractivity contribution in [3.63, 3.8) is 0 Å². The van der Waals surface area contributed by atoms with Gasteiger partial charge in [0.05, 0.1) is 0 Å². The van der Waals surface area contributed by atoms with Crippen LogP contribution in [0.3, 0.4) is 0 Å². The molecule has 8 heteroatoms. The first kappa shape index (κ1) is 30.6. The smallest absolute Gasteiger partial charge is 0.294 e. The number of hydrogen-bond acceptors (Lipinski definition) is 2. The number of halogens is 6. The first-order valence-corrected chi connectivity index (χ1v) is 11.0. The molecule has 0 fully saturated rings. The van der Waals surface area contributed by atoms with E-state index in [1.807, 2.05) is 31.2 Å².